The van der Waals surface area contributed by atoms with Crippen molar-refractivity contribution in [2.75, 3.05) is 13.2 Å². The van der Waals surface area contributed by atoms with Crippen LogP contribution in [-0.2, 0) is 18.3 Å². The van der Waals surface area contributed by atoms with Crippen LogP contribution in [0.4, 0.5) is 0 Å². The molecule has 0 fully saturated rings. The summed E-state index contributed by atoms with van der Waals surface area (Å²) in [4.78, 5) is 11.8. The monoisotopic (exact) mass is 269 g/mol. The van der Waals surface area contributed by atoms with Crippen molar-refractivity contribution in [1.29, 1.82) is 0 Å². The molecule has 0 aliphatic heterocycles. The molecule has 0 unspecified atom stereocenters. The van der Waals surface area contributed by atoms with Gasteiger partial charge < -0.3 is 15.2 Å². The first-order chi connectivity index (χ1) is 8.91. The van der Waals surface area contributed by atoms with Gasteiger partial charge in [0, 0.05) is 25.7 Å². The molecule has 1 rings (SSSR count). The summed E-state index contributed by atoms with van der Waals surface area (Å²) in [5.74, 6) is -0.354. The van der Waals surface area contributed by atoms with E-state index in [2.05, 4.69) is 10.4 Å². The summed E-state index contributed by atoms with van der Waals surface area (Å²) in [5.41, 5.74) is 1.06. The number of aliphatic hydroxyl groups excluding tert-OH is 1. The first kappa shape index (κ1) is 15.7. The number of esters is 1. The SMILES string of the molecule is CCOC(=O)c1cnn(C)c1CNC(C)(C)CCO. The van der Waals surface area contributed by atoms with E-state index in [0.717, 1.165) is 5.69 Å². The Morgan fingerprint density at radius 1 is 1.58 bits per heavy atom. The van der Waals surface area contributed by atoms with E-state index in [0.29, 0.717) is 25.1 Å². The van der Waals surface area contributed by atoms with Gasteiger partial charge in [-0.2, -0.15) is 5.10 Å². The Bertz CT molecular complexity index is 427. The fourth-order valence-corrected chi connectivity index (χ4v) is 1.74. The molecule has 108 valence electrons. The van der Waals surface area contributed by atoms with Crippen molar-refractivity contribution in [2.45, 2.75) is 39.3 Å². The predicted molar refractivity (Wildman–Crippen MR) is 71.8 cm³/mol. The first-order valence-electron chi connectivity index (χ1n) is 6.45. The van der Waals surface area contributed by atoms with Gasteiger partial charge in [0.05, 0.1) is 18.5 Å². The van der Waals surface area contributed by atoms with Crippen LogP contribution in [0.3, 0.4) is 0 Å². The summed E-state index contributed by atoms with van der Waals surface area (Å²) >= 11 is 0. The van der Waals surface area contributed by atoms with E-state index in [1.165, 1.54) is 6.20 Å². The maximum absolute atomic E-state index is 11.8. The second-order valence-electron chi connectivity index (χ2n) is 5.06. The summed E-state index contributed by atoms with van der Waals surface area (Å²) in [7, 11) is 1.79. The molecule has 0 bridgehead atoms. The number of nitrogens with zero attached hydrogens (tertiary/aromatic N) is 2. The Morgan fingerprint density at radius 3 is 2.84 bits per heavy atom. The van der Waals surface area contributed by atoms with E-state index in [9.17, 15) is 4.79 Å². The van der Waals surface area contributed by atoms with Crippen LogP contribution in [0.5, 0.6) is 0 Å². The third kappa shape index (κ3) is 4.33. The molecule has 6 heteroatoms. The molecule has 0 spiro atoms. The van der Waals surface area contributed by atoms with Gasteiger partial charge >= 0.3 is 5.97 Å². The van der Waals surface area contributed by atoms with Crippen LogP contribution in [0.15, 0.2) is 6.20 Å². The average Bonchev–Trinajstić information content (AvgIpc) is 2.68. The Kier molecular flexibility index (Phi) is 5.50. The van der Waals surface area contributed by atoms with Crippen LogP contribution < -0.4 is 5.32 Å². The summed E-state index contributed by atoms with van der Waals surface area (Å²) in [6.07, 6.45) is 2.16. The molecule has 0 aromatic carbocycles. The fourth-order valence-electron chi connectivity index (χ4n) is 1.74. The molecule has 0 saturated carbocycles. The van der Waals surface area contributed by atoms with Crippen molar-refractivity contribution in [3.8, 4) is 0 Å². The molecular weight excluding hydrogens is 246 g/mol. The summed E-state index contributed by atoms with van der Waals surface area (Å²) in [6, 6.07) is 0. The van der Waals surface area contributed by atoms with Crippen LogP contribution >= 0.6 is 0 Å². The highest BCUT2D eigenvalue weighted by Gasteiger charge is 2.21. The molecular formula is C13H23N3O3. The van der Waals surface area contributed by atoms with Gasteiger partial charge in [-0.15, -0.1) is 0 Å². The molecule has 6 nitrogen and oxygen atoms in total. The minimum atomic E-state index is -0.354. The highest BCUT2D eigenvalue weighted by molar-refractivity contribution is 5.90. The maximum atomic E-state index is 11.8. The van der Waals surface area contributed by atoms with Gasteiger partial charge in [0.2, 0.25) is 0 Å². The highest BCUT2D eigenvalue weighted by Crippen LogP contribution is 2.13. The van der Waals surface area contributed by atoms with Crippen LogP contribution in [0.1, 0.15) is 43.2 Å². The Balaban J connectivity index is 2.78. The van der Waals surface area contributed by atoms with Crippen LogP contribution in [0.25, 0.3) is 0 Å². The number of carbonyl (C=O) groups is 1. The van der Waals surface area contributed by atoms with E-state index in [1.54, 1.807) is 18.7 Å². The maximum Gasteiger partial charge on any atom is 0.341 e. The summed E-state index contributed by atoms with van der Waals surface area (Å²) < 4.78 is 6.66. The quantitative estimate of drug-likeness (QED) is 0.718. The molecule has 19 heavy (non-hydrogen) atoms. The van der Waals surface area contributed by atoms with Gasteiger partial charge in [-0.05, 0) is 27.2 Å². The summed E-state index contributed by atoms with van der Waals surface area (Å²) in [6.45, 7) is 6.74. The van der Waals surface area contributed by atoms with Gasteiger partial charge in [0.25, 0.3) is 0 Å². The lowest BCUT2D eigenvalue weighted by Crippen LogP contribution is -2.40. The third-order valence-corrected chi connectivity index (χ3v) is 3.03. The molecule has 2 N–H and O–H groups in total. The van der Waals surface area contributed by atoms with Gasteiger partial charge in [-0.1, -0.05) is 0 Å². The van der Waals surface area contributed by atoms with Crippen LogP contribution in [0, 0.1) is 0 Å². The lowest BCUT2D eigenvalue weighted by atomic mass is 10.0. The zero-order valence-electron chi connectivity index (χ0n) is 12.1. The molecule has 0 saturated heterocycles. The number of aryl methyl sites for hydroxylation is 1. The van der Waals surface area contributed by atoms with Crippen LogP contribution in [-0.4, -0.2) is 39.6 Å². The van der Waals surface area contributed by atoms with Gasteiger partial charge in [0.15, 0.2) is 0 Å². The van der Waals surface area contributed by atoms with E-state index in [4.69, 9.17) is 9.84 Å². The number of aliphatic hydroxyl groups is 1. The van der Waals surface area contributed by atoms with E-state index in [1.807, 2.05) is 13.8 Å². The first-order valence-corrected chi connectivity index (χ1v) is 6.45. The number of hydrogen-bond acceptors (Lipinski definition) is 5. The Labute approximate surface area is 113 Å². The zero-order valence-corrected chi connectivity index (χ0v) is 12.1. The van der Waals surface area contributed by atoms with Gasteiger partial charge in [0.1, 0.15) is 5.56 Å². The Hall–Kier alpha value is -1.40. The van der Waals surface area contributed by atoms with E-state index >= 15 is 0 Å². The molecule has 0 aliphatic carbocycles. The van der Waals surface area contributed by atoms with Crippen LogP contribution in [0.2, 0.25) is 0 Å². The van der Waals surface area contributed by atoms with Crippen molar-refractivity contribution < 1.29 is 14.6 Å². The number of ether oxygens (including phenoxy) is 1. The van der Waals surface area contributed by atoms with Gasteiger partial charge in [-0.3, -0.25) is 4.68 Å². The topological polar surface area (TPSA) is 76.4 Å². The number of carbonyl (C=O) groups excluding carboxylic acids is 1. The third-order valence-electron chi connectivity index (χ3n) is 3.03. The van der Waals surface area contributed by atoms with Crippen molar-refractivity contribution in [2.24, 2.45) is 7.05 Å². The molecule has 0 aliphatic rings. The predicted octanol–water partition coefficient (Wildman–Crippen LogP) is 0.847. The fraction of sp³-hybridized carbons (Fsp3) is 0.692. The standard InChI is InChI=1S/C13H23N3O3/c1-5-19-12(18)10-8-15-16(4)11(10)9-14-13(2,3)6-7-17/h8,14,17H,5-7,9H2,1-4H3. The molecule has 1 aromatic heterocycles. The summed E-state index contributed by atoms with van der Waals surface area (Å²) in [5, 5.41) is 16.4. The number of hydrogen-bond donors (Lipinski definition) is 2. The lowest BCUT2D eigenvalue weighted by molar-refractivity contribution is 0.0524. The second-order valence-corrected chi connectivity index (χ2v) is 5.06. The van der Waals surface area contributed by atoms with Crippen molar-refractivity contribution in [1.82, 2.24) is 15.1 Å². The Morgan fingerprint density at radius 2 is 2.26 bits per heavy atom. The molecule has 0 radical (unpaired) electrons. The normalized spacial score (nSPS) is 11.6. The number of rotatable bonds is 7. The van der Waals surface area contributed by atoms with E-state index in [-0.39, 0.29) is 18.1 Å². The van der Waals surface area contributed by atoms with Crippen molar-refractivity contribution in [3.63, 3.8) is 0 Å². The molecule has 1 heterocycles. The highest BCUT2D eigenvalue weighted by atomic mass is 16.5. The van der Waals surface area contributed by atoms with Gasteiger partial charge in [-0.25, -0.2) is 4.79 Å². The number of aromatic nitrogens is 2. The van der Waals surface area contributed by atoms with E-state index < -0.39 is 0 Å². The molecule has 1 aromatic rings. The lowest BCUT2D eigenvalue weighted by Gasteiger charge is -2.25. The number of nitrogens with one attached hydrogen (secondary N) is 1. The average molecular weight is 269 g/mol. The smallest absolute Gasteiger partial charge is 0.341 e. The molecule has 0 atom stereocenters. The second kappa shape index (κ2) is 6.68. The largest absolute Gasteiger partial charge is 0.462 e. The minimum absolute atomic E-state index is 0.121. The zero-order chi connectivity index (χ0) is 14.5. The minimum Gasteiger partial charge on any atom is -0.462 e. The van der Waals surface area contributed by atoms with Crippen molar-refractivity contribution >= 4 is 5.97 Å². The molecule has 0 amide bonds. The van der Waals surface area contributed by atoms with Crippen molar-refractivity contribution in [3.05, 3.63) is 17.5 Å².